The summed E-state index contributed by atoms with van der Waals surface area (Å²) >= 11 is 0. The molecule has 152 valence electrons. The van der Waals surface area contributed by atoms with Gasteiger partial charge in [0.25, 0.3) is 0 Å². The van der Waals surface area contributed by atoms with Crippen molar-refractivity contribution in [1.82, 2.24) is 20.3 Å². The lowest BCUT2D eigenvalue weighted by molar-refractivity contribution is -0.121. The SMILES string of the molecule is CCCCC(C)(CCC(=O)[C@@H]1CCCCN1)Nc1nc(N)nc2cccnc12. The molecule has 3 rings (SSSR count). The normalized spacial score (nSPS) is 19.3. The van der Waals surface area contributed by atoms with Crippen molar-refractivity contribution in [2.45, 2.75) is 76.8 Å². The number of unbranched alkanes of at least 4 members (excludes halogenated alkanes) is 1. The fourth-order valence-corrected chi connectivity index (χ4v) is 3.88. The molecule has 28 heavy (non-hydrogen) atoms. The molecule has 1 saturated heterocycles. The summed E-state index contributed by atoms with van der Waals surface area (Å²) in [4.78, 5) is 25.8. The van der Waals surface area contributed by atoms with Crippen LogP contribution in [0.3, 0.4) is 0 Å². The highest BCUT2D eigenvalue weighted by Gasteiger charge is 2.28. The summed E-state index contributed by atoms with van der Waals surface area (Å²) in [5, 5.41) is 6.93. The molecule has 0 aliphatic carbocycles. The van der Waals surface area contributed by atoms with Gasteiger partial charge >= 0.3 is 0 Å². The van der Waals surface area contributed by atoms with Gasteiger partial charge in [0.2, 0.25) is 5.95 Å². The minimum Gasteiger partial charge on any atom is -0.368 e. The minimum absolute atomic E-state index is 0.0152. The number of piperidine rings is 1. The molecule has 0 saturated carbocycles. The van der Waals surface area contributed by atoms with Gasteiger partial charge in [-0.1, -0.05) is 26.2 Å². The summed E-state index contributed by atoms with van der Waals surface area (Å²) < 4.78 is 0. The number of ketones is 1. The number of anilines is 2. The number of nitrogens with zero attached hydrogens (tertiary/aromatic N) is 3. The monoisotopic (exact) mass is 384 g/mol. The number of aromatic nitrogens is 3. The molecule has 1 fully saturated rings. The minimum atomic E-state index is -0.258. The Kier molecular flexibility index (Phi) is 6.78. The quantitative estimate of drug-likeness (QED) is 0.608. The number of carbonyl (C=O) groups excluding carboxylic acids is 1. The molecule has 2 aromatic rings. The molecular formula is C21H32N6O. The highest BCUT2D eigenvalue weighted by Crippen LogP contribution is 2.29. The lowest BCUT2D eigenvalue weighted by atomic mass is 9.87. The predicted octanol–water partition coefficient (Wildman–Crippen LogP) is 3.46. The number of nitrogens with one attached hydrogen (secondary N) is 2. The van der Waals surface area contributed by atoms with Gasteiger partial charge in [-0.2, -0.15) is 4.98 Å². The summed E-state index contributed by atoms with van der Waals surface area (Å²) in [5.41, 5.74) is 7.08. The Labute approximate surface area is 166 Å². The molecule has 2 atom stereocenters. The maximum absolute atomic E-state index is 12.7. The van der Waals surface area contributed by atoms with E-state index in [2.05, 4.69) is 39.4 Å². The van der Waals surface area contributed by atoms with Crippen molar-refractivity contribution in [3.05, 3.63) is 18.3 Å². The lowest BCUT2D eigenvalue weighted by Gasteiger charge is -2.32. The number of nitrogens with two attached hydrogens (primary N) is 1. The van der Waals surface area contributed by atoms with E-state index in [0.717, 1.165) is 57.0 Å². The van der Waals surface area contributed by atoms with Crippen LogP contribution in [0.2, 0.25) is 0 Å². The molecule has 0 bridgehead atoms. The van der Waals surface area contributed by atoms with E-state index in [1.165, 1.54) is 0 Å². The molecule has 1 aliphatic heterocycles. The Morgan fingerprint density at radius 2 is 2.21 bits per heavy atom. The van der Waals surface area contributed by atoms with Crippen molar-refractivity contribution < 1.29 is 4.79 Å². The Morgan fingerprint density at radius 3 is 2.96 bits per heavy atom. The average molecular weight is 385 g/mol. The van der Waals surface area contributed by atoms with Crippen LogP contribution >= 0.6 is 0 Å². The Balaban J connectivity index is 1.76. The molecule has 7 heteroatoms. The first-order chi connectivity index (χ1) is 13.5. The zero-order valence-electron chi connectivity index (χ0n) is 17.0. The molecule has 0 spiro atoms. The van der Waals surface area contributed by atoms with Crippen LogP contribution in [0.1, 0.15) is 65.2 Å². The third-order valence-corrected chi connectivity index (χ3v) is 5.60. The molecule has 0 aromatic carbocycles. The van der Waals surface area contributed by atoms with Gasteiger partial charge in [0, 0.05) is 18.2 Å². The van der Waals surface area contributed by atoms with Crippen LogP contribution in [0.15, 0.2) is 18.3 Å². The summed E-state index contributed by atoms with van der Waals surface area (Å²) in [5.74, 6) is 1.18. The number of hydrogen-bond donors (Lipinski definition) is 3. The number of rotatable bonds is 9. The number of pyridine rings is 1. The standard InChI is InChI=1S/C21H32N6O/c1-3-4-11-21(2,12-10-17(28)15-8-5-6-13-23-15)27-19-18-16(9-7-14-24-18)25-20(22)26-19/h7,9,14-15,23H,3-6,8,10-13H2,1-2H3,(H3,22,25,26,27)/t15-,21?/m0/s1. The number of fused-ring (bicyclic) bond motifs is 1. The van der Waals surface area contributed by atoms with Gasteiger partial charge in [-0.25, -0.2) is 4.98 Å². The van der Waals surface area contributed by atoms with Gasteiger partial charge in [0.05, 0.1) is 11.6 Å². The average Bonchev–Trinajstić information content (AvgIpc) is 2.71. The fraction of sp³-hybridized carbons (Fsp3) is 0.619. The molecule has 3 heterocycles. The molecule has 4 N–H and O–H groups in total. The maximum Gasteiger partial charge on any atom is 0.222 e. The Hall–Kier alpha value is -2.28. The Morgan fingerprint density at radius 1 is 1.36 bits per heavy atom. The summed E-state index contributed by atoms with van der Waals surface area (Å²) in [6.45, 7) is 5.29. The number of nitrogen functional groups attached to an aromatic ring is 1. The van der Waals surface area contributed by atoms with E-state index in [9.17, 15) is 4.79 Å². The topological polar surface area (TPSA) is 106 Å². The van der Waals surface area contributed by atoms with E-state index in [4.69, 9.17) is 5.73 Å². The first-order valence-corrected chi connectivity index (χ1v) is 10.4. The molecular weight excluding hydrogens is 352 g/mol. The largest absolute Gasteiger partial charge is 0.368 e. The van der Waals surface area contributed by atoms with Gasteiger partial charge < -0.3 is 16.4 Å². The highest BCUT2D eigenvalue weighted by molar-refractivity contribution is 5.86. The molecule has 2 aromatic heterocycles. The Bertz CT molecular complexity index is 805. The van der Waals surface area contributed by atoms with E-state index in [1.807, 2.05) is 12.1 Å². The molecule has 0 radical (unpaired) electrons. The van der Waals surface area contributed by atoms with Crippen LogP contribution in [0.4, 0.5) is 11.8 Å². The van der Waals surface area contributed by atoms with Crippen LogP contribution in [-0.4, -0.2) is 38.9 Å². The first kappa shape index (κ1) is 20.5. The summed E-state index contributed by atoms with van der Waals surface area (Å²) in [6, 6.07) is 3.74. The van der Waals surface area contributed by atoms with E-state index < -0.39 is 0 Å². The summed E-state index contributed by atoms with van der Waals surface area (Å²) in [7, 11) is 0. The van der Waals surface area contributed by atoms with Gasteiger partial charge in [-0.05, 0) is 51.3 Å². The van der Waals surface area contributed by atoms with E-state index >= 15 is 0 Å². The zero-order chi connectivity index (χ0) is 20.0. The predicted molar refractivity (Wildman–Crippen MR) is 113 cm³/mol. The van der Waals surface area contributed by atoms with Crippen molar-refractivity contribution in [3.8, 4) is 0 Å². The number of carbonyl (C=O) groups is 1. The number of hydrogen-bond acceptors (Lipinski definition) is 7. The van der Waals surface area contributed by atoms with Gasteiger partial charge in [-0.3, -0.25) is 9.78 Å². The highest BCUT2D eigenvalue weighted by atomic mass is 16.1. The van der Waals surface area contributed by atoms with E-state index in [0.29, 0.717) is 23.5 Å². The third kappa shape index (κ3) is 5.16. The first-order valence-electron chi connectivity index (χ1n) is 10.4. The van der Waals surface area contributed by atoms with E-state index in [1.54, 1.807) is 6.20 Å². The lowest BCUT2D eigenvalue weighted by Crippen LogP contribution is -2.42. The van der Waals surface area contributed by atoms with Gasteiger partial charge in [0.1, 0.15) is 11.3 Å². The smallest absolute Gasteiger partial charge is 0.222 e. The van der Waals surface area contributed by atoms with Crippen molar-refractivity contribution in [2.75, 3.05) is 17.6 Å². The van der Waals surface area contributed by atoms with Crippen molar-refractivity contribution in [3.63, 3.8) is 0 Å². The van der Waals surface area contributed by atoms with Crippen molar-refractivity contribution in [2.24, 2.45) is 0 Å². The summed E-state index contributed by atoms with van der Waals surface area (Å²) in [6.07, 6.45) is 9.41. The van der Waals surface area contributed by atoms with Gasteiger partial charge in [-0.15, -0.1) is 0 Å². The second-order valence-electron chi connectivity index (χ2n) is 8.06. The van der Waals surface area contributed by atoms with Crippen LogP contribution < -0.4 is 16.4 Å². The van der Waals surface area contributed by atoms with Crippen LogP contribution in [0.25, 0.3) is 11.0 Å². The fourth-order valence-electron chi connectivity index (χ4n) is 3.88. The van der Waals surface area contributed by atoms with Crippen molar-refractivity contribution in [1.29, 1.82) is 0 Å². The van der Waals surface area contributed by atoms with Gasteiger partial charge in [0.15, 0.2) is 5.82 Å². The molecule has 7 nitrogen and oxygen atoms in total. The van der Waals surface area contributed by atoms with E-state index in [-0.39, 0.29) is 17.5 Å². The second-order valence-corrected chi connectivity index (χ2v) is 8.06. The van der Waals surface area contributed by atoms with Crippen molar-refractivity contribution >= 4 is 28.6 Å². The third-order valence-electron chi connectivity index (χ3n) is 5.60. The van der Waals surface area contributed by atoms with Crippen LogP contribution in [0.5, 0.6) is 0 Å². The maximum atomic E-state index is 12.7. The zero-order valence-corrected chi connectivity index (χ0v) is 17.0. The molecule has 1 unspecified atom stereocenters. The number of Topliss-reactive ketones (excluding diaryl/α,β-unsaturated/α-hetero) is 1. The van der Waals surface area contributed by atoms with Crippen LogP contribution in [-0.2, 0) is 4.79 Å². The second kappa shape index (κ2) is 9.28. The van der Waals surface area contributed by atoms with Crippen LogP contribution in [0, 0.1) is 0 Å². The molecule has 0 amide bonds. The molecule has 1 aliphatic rings.